The summed E-state index contributed by atoms with van der Waals surface area (Å²) >= 11 is 2.18. The van der Waals surface area contributed by atoms with E-state index in [0.29, 0.717) is 5.56 Å². The Kier molecular flexibility index (Phi) is 4.68. The first-order valence-electron chi connectivity index (χ1n) is 5.87. The number of allylic oxidation sites excluding steroid dienone is 1. The van der Waals surface area contributed by atoms with Gasteiger partial charge in [0.1, 0.15) is 0 Å². The molecule has 0 aromatic heterocycles. The van der Waals surface area contributed by atoms with Crippen molar-refractivity contribution in [2.75, 3.05) is 0 Å². The fourth-order valence-electron chi connectivity index (χ4n) is 1.62. The molecule has 0 aliphatic heterocycles. The normalized spacial score (nSPS) is 10.7. The molecule has 1 N–H and O–H groups in total. The van der Waals surface area contributed by atoms with Crippen LogP contribution < -0.4 is 0 Å². The molecule has 0 unspecified atom stereocenters. The lowest BCUT2D eigenvalue weighted by molar-refractivity contribution is 0.0696. The number of carboxylic acids is 1. The number of carbonyl (C=O) groups excluding carboxylic acids is 1. The van der Waals surface area contributed by atoms with Crippen LogP contribution in [-0.2, 0) is 0 Å². The van der Waals surface area contributed by atoms with Gasteiger partial charge in [-0.05, 0) is 58.5 Å². The molecule has 0 atom stereocenters. The second-order valence-electron chi connectivity index (χ2n) is 4.13. The minimum absolute atomic E-state index is 0.0799. The van der Waals surface area contributed by atoms with Crippen molar-refractivity contribution < 1.29 is 14.7 Å². The summed E-state index contributed by atoms with van der Waals surface area (Å²) in [7, 11) is 0. The average Bonchev–Trinajstić information content (AvgIpc) is 2.46. The van der Waals surface area contributed by atoms with E-state index in [4.69, 9.17) is 5.11 Å². The minimum atomic E-state index is -0.963. The Hall–Kier alpha value is -1.95. The Morgan fingerprint density at radius 2 is 1.45 bits per heavy atom. The molecular formula is C16H11IO3. The molecule has 2 rings (SSSR count). The third-order valence-electron chi connectivity index (χ3n) is 2.71. The number of carboxylic acid groups (broad SMARTS) is 1. The predicted molar refractivity (Wildman–Crippen MR) is 85.9 cm³/mol. The SMILES string of the molecule is O=C(O)c1ccc(/C=C/C(=O)c2ccc(I)cc2)cc1. The van der Waals surface area contributed by atoms with Crippen molar-refractivity contribution in [2.45, 2.75) is 0 Å². The lowest BCUT2D eigenvalue weighted by atomic mass is 10.1. The van der Waals surface area contributed by atoms with Crippen molar-refractivity contribution in [1.29, 1.82) is 0 Å². The Balaban J connectivity index is 2.10. The number of rotatable bonds is 4. The van der Waals surface area contributed by atoms with E-state index in [2.05, 4.69) is 22.6 Å². The molecule has 0 bridgehead atoms. The van der Waals surface area contributed by atoms with Crippen molar-refractivity contribution in [3.8, 4) is 0 Å². The zero-order valence-electron chi connectivity index (χ0n) is 10.4. The van der Waals surface area contributed by atoms with Gasteiger partial charge in [-0.1, -0.05) is 30.3 Å². The monoisotopic (exact) mass is 378 g/mol. The molecule has 2 aromatic carbocycles. The molecule has 0 spiro atoms. The van der Waals surface area contributed by atoms with Crippen molar-refractivity contribution in [2.24, 2.45) is 0 Å². The van der Waals surface area contributed by atoms with Gasteiger partial charge >= 0.3 is 5.97 Å². The van der Waals surface area contributed by atoms with Crippen LogP contribution in [0.3, 0.4) is 0 Å². The number of aromatic carboxylic acids is 1. The van der Waals surface area contributed by atoms with E-state index in [9.17, 15) is 9.59 Å². The lowest BCUT2D eigenvalue weighted by Gasteiger charge is -1.97. The van der Waals surface area contributed by atoms with Crippen LogP contribution >= 0.6 is 22.6 Å². The van der Waals surface area contributed by atoms with E-state index in [1.54, 1.807) is 30.3 Å². The van der Waals surface area contributed by atoms with Gasteiger partial charge in [-0.25, -0.2) is 4.79 Å². The highest BCUT2D eigenvalue weighted by Crippen LogP contribution is 2.10. The second kappa shape index (κ2) is 6.47. The molecule has 0 saturated carbocycles. The molecule has 0 aliphatic carbocycles. The third kappa shape index (κ3) is 3.77. The van der Waals surface area contributed by atoms with Gasteiger partial charge < -0.3 is 5.11 Å². The Morgan fingerprint density at radius 3 is 2.00 bits per heavy atom. The highest BCUT2D eigenvalue weighted by atomic mass is 127. The summed E-state index contributed by atoms with van der Waals surface area (Å²) in [4.78, 5) is 22.6. The van der Waals surface area contributed by atoms with Gasteiger partial charge in [0.15, 0.2) is 5.78 Å². The minimum Gasteiger partial charge on any atom is -0.478 e. The van der Waals surface area contributed by atoms with Crippen molar-refractivity contribution in [3.63, 3.8) is 0 Å². The van der Waals surface area contributed by atoms with Gasteiger partial charge in [0.05, 0.1) is 5.56 Å². The quantitative estimate of drug-likeness (QED) is 0.499. The fourth-order valence-corrected chi connectivity index (χ4v) is 1.98. The summed E-state index contributed by atoms with van der Waals surface area (Å²) in [6.45, 7) is 0. The first-order valence-corrected chi connectivity index (χ1v) is 6.95. The summed E-state index contributed by atoms with van der Waals surface area (Å²) in [5.41, 5.74) is 1.64. The molecule has 0 radical (unpaired) electrons. The zero-order chi connectivity index (χ0) is 14.5. The molecule has 20 heavy (non-hydrogen) atoms. The molecule has 2 aromatic rings. The molecule has 0 saturated heterocycles. The number of benzene rings is 2. The molecule has 3 nitrogen and oxygen atoms in total. The average molecular weight is 378 g/mol. The number of hydrogen-bond acceptors (Lipinski definition) is 2. The van der Waals surface area contributed by atoms with Crippen LogP contribution in [0.1, 0.15) is 26.3 Å². The Morgan fingerprint density at radius 1 is 0.900 bits per heavy atom. The fraction of sp³-hybridized carbons (Fsp3) is 0. The van der Waals surface area contributed by atoms with Gasteiger partial charge in [-0.15, -0.1) is 0 Å². The molecule has 0 aliphatic rings. The molecule has 0 fully saturated rings. The molecule has 0 amide bonds. The highest BCUT2D eigenvalue weighted by Gasteiger charge is 2.02. The first kappa shape index (κ1) is 14.5. The van der Waals surface area contributed by atoms with Crippen LogP contribution in [0.15, 0.2) is 54.6 Å². The predicted octanol–water partition coefficient (Wildman–Crippen LogP) is 3.89. The van der Waals surface area contributed by atoms with Crippen LogP contribution in [0.5, 0.6) is 0 Å². The maximum atomic E-state index is 11.9. The van der Waals surface area contributed by atoms with E-state index < -0.39 is 5.97 Å². The third-order valence-corrected chi connectivity index (χ3v) is 3.43. The van der Waals surface area contributed by atoms with Gasteiger partial charge in [-0.2, -0.15) is 0 Å². The summed E-state index contributed by atoms with van der Waals surface area (Å²) in [6, 6.07) is 13.7. The molecular weight excluding hydrogens is 367 g/mol. The number of ketones is 1. The van der Waals surface area contributed by atoms with Crippen LogP contribution in [0, 0.1) is 3.57 Å². The van der Waals surface area contributed by atoms with Gasteiger partial charge in [0.2, 0.25) is 0 Å². The molecule has 4 heteroatoms. The van der Waals surface area contributed by atoms with Crippen LogP contribution in [0.2, 0.25) is 0 Å². The van der Waals surface area contributed by atoms with Gasteiger partial charge in [0, 0.05) is 9.13 Å². The van der Waals surface area contributed by atoms with Crippen molar-refractivity contribution in [3.05, 3.63) is 74.9 Å². The van der Waals surface area contributed by atoms with E-state index in [-0.39, 0.29) is 11.3 Å². The van der Waals surface area contributed by atoms with Gasteiger partial charge in [-0.3, -0.25) is 4.79 Å². The largest absolute Gasteiger partial charge is 0.478 e. The topological polar surface area (TPSA) is 54.4 Å². The highest BCUT2D eigenvalue weighted by molar-refractivity contribution is 14.1. The van der Waals surface area contributed by atoms with E-state index in [1.165, 1.54) is 18.2 Å². The maximum absolute atomic E-state index is 11.9. The first-order chi connectivity index (χ1) is 9.56. The number of halogens is 1. The number of carbonyl (C=O) groups is 2. The van der Waals surface area contributed by atoms with E-state index in [0.717, 1.165) is 9.13 Å². The smallest absolute Gasteiger partial charge is 0.335 e. The maximum Gasteiger partial charge on any atom is 0.335 e. The van der Waals surface area contributed by atoms with Crippen LogP contribution in [0.25, 0.3) is 6.08 Å². The summed E-state index contributed by atoms with van der Waals surface area (Å²) in [6.07, 6.45) is 3.16. The van der Waals surface area contributed by atoms with E-state index in [1.807, 2.05) is 12.1 Å². The molecule has 0 heterocycles. The standard InChI is InChI=1S/C16H11IO3/c17-14-8-6-12(7-9-14)15(18)10-3-11-1-4-13(5-2-11)16(19)20/h1-10H,(H,19,20)/b10-3+. The number of hydrogen-bond donors (Lipinski definition) is 1. The van der Waals surface area contributed by atoms with Crippen LogP contribution in [-0.4, -0.2) is 16.9 Å². The summed E-state index contributed by atoms with van der Waals surface area (Å²) in [5.74, 6) is -1.04. The zero-order valence-corrected chi connectivity index (χ0v) is 12.6. The van der Waals surface area contributed by atoms with Crippen LogP contribution in [0.4, 0.5) is 0 Å². The molecule has 100 valence electrons. The van der Waals surface area contributed by atoms with Crippen molar-refractivity contribution in [1.82, 2.24) is 0 Å². The second-order valence-corrected chi connectivity index (χ2v) is 5.38. The Bertz CT molecular complexity index is 655. The summed E-state index contributed by atoms with van der Waals surface area (Å²) in [5, 5.41) is 8.79. The van der Waals surface area contributed by atoms with Crippen molar-refractivity contribution >= 4 is 40.4 Å². The van der Waals surface area contributed by atoms with Gasteiger partial charge in [0.25, 0.3) is 0 Å². The summed E-state index contributed by atoms with van der Waals surface area (Å²) < 4.78 is 1.08. The lowest BCUT2D eigenvalue weighted by Crippen LogP contribution is -1.95. The Labute approximate surface area is 130 Å². The van der Waals surface area contributed by atoms with E-state index >= 15 is 0 Å².